The lowest BCUT2D eigenvalue weighted by atomic mass is 10.2. The first kappa shape index (κ1) is 14.8. The summed E-state index contributed by atoms with van der Waals surface area (Å²) in [5.41, 5.74) is 0.866. The van der Waals surface area contributed by atoms with E-state index in [1.165, 1.54) is 18.4 Å². The number of aromatic nitrogens is 1. The third-order valence-electron chi connectivity index (χ3n) is 2.94. The number of hydrogen-bond donors (Lipinski definition) is 2. The number of rotatable bonds is 8. The summed E-state index contributed by atoms with van der Waals surface area (Å²) in [6.45, 7) is 0.572. The molecule has 0 atom stereocenters. The van der Waals surface area contributed by atoms with Gasteiger partial charge in [-0.25, -0.2) is 4.98 Å². The molecule has 6 nitrogen and oxygen atoms in total. The van der Waals surface area contributed by atoms with Crippen LogP contribution in [0.1, 0.15) is 31.4 Å². The number of aryl methyl sites for hydroxylation is 1. The zero-order valence-electron chi connectivity index (χ0n) is 11.5. The summed E-state index contributed by atoms with van der Waals surface area (Å²) in [4.78, 5) is 26.9. The fourth-order valence-corrected chi connectivity index (χ4v) is 2.42. The van der Waals surface area contributed by atoms with Crippen molar-refractivity contribution >= 4 is 28.3 Å². The number of nitrogens with zero attached hydrogens (tertiary/aromatic N) is 1. The summed E-state index contributed by atoms with van der Waals surface area (Å²) in [5.74, 6) is -0.147. The van der Waals surface area contributed by atoms with Crippen LogP contribution in [0.4, 0.5) is 5.13 Å². The van der Waals surface area contributed by atoms with E-state index in [-0.39, 0.29) is 11.9 Å². The van der Waals surface area contributed by atoms with Gasteiger partial charge in [0, 0.05) is 30.8 Å². The summed E-state index contributed by atoms with van der Waals surface area (Å²) < 4.78 is 4.58. The quantitative estimate of drug-likeness (QED) is 0.708. The summed E-state index contributed by atoms with van der Waals surface area (Å²) >= 11 is 1.48. The SMILES string of the molecule is COC(=O)CCc1csc(NCCC(=O)NC2CC2)n1. The summed E-state index contributed by atoms with van der Waals surface area (Å²) in [6.07, 6.45) is 3.58. The monoisotopic (exact) mass is 297 g/mol. The number of methoxy groups -OCH3 is 1. The lowest BCUT2D eigenvalue weighted by molar-refractivity contribution is -0.140. The van der Waals surface area contributed by atoms with Crippen molar-refractivity contribution in [3.8, 4) is 0 Å². The molecule has 2 rings (SSSR count). The number of anilines is 1. The van der Waals surface area contributed by atoms with Crippen LogP contribution in [0.3, 0.4) is 0 Å². The van der Waals surface area contributed by atoms with Crippen LogP contribution in [0.2, 0.25) is 0 Å². The van der Waals surface area contributed by atoms with E-state index in [1.54, 1.807) is 0 Å². The number of ether oxygens (including phenoxy) is 1. The molecular formula is C13H19N3O3S. The number of carbonyl (C=O) groups is 2. The Balaban J connectivity index is 1.64. The minimum Gasteiger partial charge on any atom is -0.469 e. The molecule has 1 heterocycles. The fraction of sp³-hybridized carbons (Fsp3) is 0.615. The van der Waals surface area contributed by atoms with Crippen LogP contribution in [0.25, 0.3) is 0 Å². The Morgan fingerprint density at radius 2 is 2.25 bits per heavy atom. The summed E-state index contributed by atoms with van der Waals surface area (Å²) in [7, 11) is 1.38. The maximum atomic E-state index is 11.5. The molecule has 0 saturated heterocycles. The van der Waals surface area contributed by atoms with E-state index in [1.807, 2.05) is 5.38 Å². The Hall–Kier alpha value is -1.63. The second kappa shape index (κ2) is 7.23. The number of hydrogen-bond acceptors (Lipinski definition) is 6. The Bertz CT molecular complexity index is 471. The van der Waals surface area contributed by atoms with Crippen LogP contribution >= 0.6 is 11.3 Å². The molecule has 0 radical (unpaired) electrons. The molecule has 1 aliphatic rings. The molecule has 0 unspecified atom stereocenters. The molecule has 1 fully saturated rings. The van der Waals surface area contributed by atoms with E-state index in [9.17, 15) is 9.59 Å². The molecule has 1 aromatic heterocycles. The van der Waals surface area contributed by atoms with Crippen molar-refractivity contribution in [1.29, 1.82) is 0 Å². The predicted octanol–water partition coefficient (Wildman–Crippen LogP) is 1.33. The van der Waals surface area contributed by atoms with E-state index in [2.05, 4.69) is 20.4 Å². The van der Waals surface area contributed by atoms with Crippen LogP contribution in [0.15, 0.2) is 5.38 Å². The van der Waals surface area contributed by atoms with Crippen molar-refractivity contribution in [3.63, 3.8) is 0 Å². The van der Waals surface area contributed by atoms with Gasteiger partial charge >= 0.3 is 5.97 Å². The molecule has 7 heteroatoms. The van der Waals surface area contributed by atoms with Crippen molar-refractivity contribution in [2.75, 3.05) is 19.0 Å². The molecule has 0 aromatic carbocycles. The molecule has 2 N–H and O–H groups in total. The molecular weight excluding hydrogens is 278 g/mol. The molecule has 1 aliphatic carbocycles. The van der Waals surface area contributed by atoms with Gasteiger partial charge in [-0.1, -0.05) is 0 Å². The van der Waals surface area contributed by atoms with Gasteiger partial charge in [-0.15, -0.1) is 11.3 Å². The Morgan fingerprint density at radius 1 is 1.45 bits per heavy atom. The number of nitrogens with one attached hydrogen (secondary N) is 2. The average Bonchev–Trinajstić information content (AvgIpc) is 3.13. The summed E-state index contributed by atoms with van der Waals surface area (Å²) in [5, 5.41) is 8.75. The van der Waals surface area contributed by atoms with E-state index < -0.39 is 0 Å². The first-order valence-corrected chi connectivity index (χ1v) is 7.60. The van der Waals surface area contributed by atoms with Crippen molar-refractivity contribution < 1.29 is 14.3 Å². The minimum absolute atomic E-state index is 0.0856. The first-order valence-electron chi connectivity index (χ1n) is 6.72. The van der Waals surface area contributed by atoms with E-state index in [4.69, 9.17) is 0 Å². The maximum Gasteiger partial charge on any atom is 0.305 e. The lowest BCUT2D eigenvalue weighted by Crippen LogP contribution is -2.27. The second-order valence-electron chi connectivity index (χ2n) is 4.74. The third-order valence-corrected chi connectivity index (χ3v) is 3.78. The van der Waals surface area contributed by atoms with Gasteiger partial charge in [-0.2, -0.15) is 0 Å². The molecule has 1 aromatic rings. The third kappa shape index (κ3) is 5.16. The van der Waals surface area contributed by atoms with Crippen molar-refractivity contribution in [2.24, 2.45) is 0 Å². The minimum atomic E-state index is -0.232. The lowest BCUT2D eigenvalue weighted by Gasteiger charge is -2.03. The normalized spacial score (nSPS) is 13.8. The van der Waals surface area contributed by atoms with Crippen LogP contribution in [0, 0.1) is 0 Å². The van der Waals surface area contributed by atoms with Crippen LogP contribution in [0.5, 0.6) is 0 Å². The molecule has 1 saturated carbocycles. The smallest absolute Gasteiger partial charge is 0.305 e. The van der Waals surface area contributed by atoms with Gasteiger partial charge in [0.1, 0.15) is 0 Å². The number of thiazole rings is 1. The average molecular weight is 297 g/mol. The second-order valence-corrected chi connectivity index (χ2v) is 5.60. The standard InChI is InChI=1S/C13H19N3O3S/c1-19-12(18)5-4-10-8-20-13(16-10)14-7-6-11(17)15-9-2-3-9/h8-9H,2-7H2,1H3,(H,14,16)(H,15,17). The molecule has 20 heavy (non-hydrogen) atoms. The molecule has 110 valence electrons. The van der Waals surface area contributed by atoms with Gasteiger partial charge in [-0.05, 0) is 12.8 Å². The van der Waals surface area contributed by atoms with Gasteiger partial charge < -0.3 is 15.4 Å². The van der Waals surface area contributed by atoms with Crippen LogP contribution in [-0.2, 0) is 20.7 Å². The van der Waals surface area contributed by atoms with Crippen LogP contribution in [-0.4, -0.2) is 36.6 Å². The highest BCUT2D eigenvalue weighted by atomic mass is 32.1. The van der Waals surface area contributed by atoms with Crippen LogP contribution < -0.4 is 10.6 Å². The predicted molar refractivity (Wildman–Crippen MR) is 76.7 cm³/mol. The topological polar surface area (TPSA) is 80.3 Å². The Kier molecular flexibility index (Phi) is 5.34. The highest BCUT2D eigenvalue weighted by molar-refractivity contribution is 7.13. The Morgan fingerprint density at radius 3 is 2.95 bits per heavy atom. The molecule has 1 amide bonds. The highest BCUT2D eigenvalue weighted by Gasteiger charge is 2.22. The zero-order chi connectivity index (χ0) is 14.4. The largest absolute Gasteiger partial charge is 0.469 e. The van der Waals surface area contributed by atoms with E-state index >= 15 is 0 Å². The molecule has 0 spiro atoms. The number of carbonyl (C=O) groups excluding carboxylic acids is 2. The Labute approximate surface area is 121 Å². The maximum absolute atomic E-state index is 11.5. The van der Waals surface area contributed by atoms with E-state index in [0.29, 0.717) is 31.8 Å². The molecule has 0 aliphatic heterocycles. The highest BCUT2D eigenvalue weighted by Crippen LogP contribution is 2.19. The van der Waals surface area contributed by atoms with Gasteiger partial charge in [0.15, 0.2) is 5.13 Å². The van der Waals surface area contributed by atoms with Gasteiger partial charge in [-0.3, -0.25) is 9.59 Å². The van der Waals surface area contributed by atoms with Crippen molar-refractivity contribution in [1.82, 2.24) is 10.3 Å². The van der Waals surface area contributed by atoms with Crippen molar-refractivity contribution in [3.05, 3.63) is 11.1 Å². The first-order chi connectivity index (χ1) is 9.67. The van der Waals surface area contributed by atoms with Crippen molar-refractivity contribution in [2.45, 2.75) is 38.1 Å². The number of esters is 1. The fourth-order valence-electron chi connectivity index (χ4n) is 1.65. The van der Waals surface area contributed by atoms with Gasteiger partial charge in [0.05, 0.1) is 19.2 Å². The van der Waals surface area contributed by atoms with E-state index in [0.717, 1.165) is 23.7 Å². The number of amides is 1. The zero-order valence-corrected chi connectivity index (χ0v) is 12.3. The van der Waals surface area contributed by atoms with Gasteiger partial charge in [0.25, 0.3) is 0 Å². The molecule has 0 bridgehead atoms. The summed E-state index contributed by atoms with van der Waals surface area (Å²) in [6, 6.07) is 0.410. The van der Waals surface area contributed by atoms with Gasteiger partial charge in [0.2, 0.25) is 5.91 Å².